The molecule has 0 fully saturated rings. The second-order valence-electron chi connectivity index (χ2n) is 4.53. The summed E-state index contributed by atoms with van der Waals surface area (Å²) in [5.74, 6) is 0.0869. The number of nitrogens with zero attached hydrogens (tertiary/aromatic N) is 1. The smallest absolute Gasteiger partial charge is 0.357 e. The van der Waals surface area contributed by atoms with Crippen molar-refractivity contribution in [1.29, 1.82) is 0 Å². The number of aromatic nitrogens is 1. The molecule has 1 atom stereocenters. The monoisotopic (exact) mass is 356 g/mol. The zero-order valence-corrected chi connectivity index (χ0v) is 15.1. The molecule has 0 aliphatic heterocycles. The maximum atomic E-state index is 13.2. The van der Waals surface area contributed by atoms with E-state index in [4.69, 9.17) is 13.8 Å². The van der Waals surface area contributed by atoms with Gasteiger partial charge < -0.3 is 19.1 Å². The van der Waals surface area contributed by atoms with E-state index in [1.807, 2.05) is 29.6 Å². The fourth-order valence-corrected chi connectivity index (χ4v) is 4.64. The minimum Gasteiger partial charge on any atom is -0.497 e. The van der Waals surface area contributed by atoms with E-state index >= 15 is 0 Å². The summed E-state index contributed by atoms with van der Waals surface area (Å²) in [6, 6.07) is 7.31. The van der Waals surface area contributed by atoms with Crippen molar-refractivity contribution in [2.24, 2.45) is 0 Å². The lowest BCUT2D eigenvalue weighted by Crippen LogP contribution is -2.15. The fraction of sp³-hybridized carbons (Fsp3) is 0.400. The van der Waals surface area contributed by atoms with Crippen LogP contribution in [0.1, 0.15) is 25.2 Å². The fourth-order valence-electron chi connectivity index (χ4n) is 2.09. The molecule has 1 heterocycles. The molecule has 0 amide bonds. The van der Waals surface area contributed by atoms with Crippen LogP contribution in [-0.2, 0) is 13.6 Å². The van der Waals surface area contributed by atoms with Gasteiger partial charge in [-0.15, -0.1) is 11.3 Å². The Morgan fingerprint density at radius 3 is 2.35 bits per heavy atom. The van der Waals surface area contributed by atoms with E-state index in [2.05, 4.69) is 10.3 Å². The number of hydrogen-bond acceptors (Lipinski definition) is 7. The van der Waals surface area contributed by atoms with Crippen LogP contribution in [0.15, 0.2) is 35.8 Å². The van der Waals surface area contributed by atoms with E-state index in [1.165, 1.54) is 11.3 Å². The van der Waals surface area contributed by atoms with E-state index in [0.717, 1.165) is 11.3 Å². The van der Waals surface area contributed by atoms with Gasteiger partial charge in [0.25, 0.3) is 0 Å². The van der Waals surface area contributed by atoms with Crippen molar-refractivity contribution in [3.63, 3.8) is 0 Å². The van der Waals surface area contributed by atoms with Gasteiger partial charge in [0.2, 0.25) is 0 Å². The summed E-state index contributed by atoms with van der Waals surface area (Å²) in [5, 5.41) is 5.68. The van der Waals surface area contributed by atoms with Gasteiger partial charge in [-0.1, -0.05) is 12.1 Å². The molecule has 2 aromatic rings. The molecular weight excluding hydrogens is 335 g/mol. The second kappa shape index (κ2) is 8.45. The maximum absolute atomic E-state index is 13.2. The van der Waals surface area contributed by atoms with Crippen molar-refractivity contribution in [1.82, 2.24) is 4.98 Å². The maximum Gasteiger partial charge on any atom is 0.357 e. The molecule has 0 radical (unpaired) electrons. The third-order valence-corrected chi connectivity index (χ3v) is 6.06. The van der Waals surface area contributed by atoms with Crippen molar-refractivity contribution in [3.8, 4) is 5.75 Å². The second-order valence-corrected chi connectivity index (χ2v) is 7.54. The molecule has 126 valence electrons. The topological polar surface area (TPSA) is 69.7 Å². The Kier molecular flexibility index (Phi) is 6.59. The Morgan fingerprint density at radius 2 is 1.87 bits per heavy atom. The largest absolute Gasteiger partial charge is 0.497 e. The summed E-state index contributed by atoms with van der Waals surface area (Å²) in [7, 11) is -1.80. The first-order chi connectivity index (χ1) is 11.1. The van der Waals surface area contributed by atoms with Gasteiger partial charge in [-0.05, 0) is 31.5 Å². The lowest BCUT2D eigenvalue weighted by Gasteiger charge is -2.27. The van der Waals surface area contributed by atoms with E-state index in [9.17, 15) is 4.57 Å². The van der Waals surface area contributed by atoms with Crippen molar-refractivity contribution >= 4 is 24.1 Å². The Hall–Kier alpha value is -1.40. The summed E-state index contributed by atoms with van der Waals surface area (Å²) in [6.45, 7) is 4.17. The minimum atomic E-state index is -3.40. The molecule has 1 unspecified atom stereocenters. The van der Waals surface area contributed by atoms with Gasteiger partial charge in [0, 0.05) is 11.6 Å². The van der Waals surface area contributed by atoms with Crippen LogP contribution < -0.4 is 10.1 Å². The standard InChI is InChI=1S/C15H21N2O4PS/c1-4-20-22(18,21-5-2)14(17-15-16-10-11-23-15)12-6-8-13(19-3)9-7-12/h6-11,14H,4-5H2,1-3H3,(H,16,17). The van der Waals surface area contributed by atoms with Gasteiger partial charge in [0.05, 0.1) is 20.3 Å². The number of benzene rings is 1. The third-order valence-electron chi connectivity index (χ3n) is 3.06. The summed E-state index contributed by atoms with van der Waals surface area (Å²) < 4.78 is 29.4. The van der Waals surface area contributed by atoms with Crippen LogP contribution in [-0.4, -0.2) is 25.3 Å². The van der Waals surface area contributed by atoms with E-state index in [0.29, 0.717) is 18.3 Å². The van der Waals surface area contributed by atoms with Crippen molar-refractivity contribution in [2.75, 3.05) is 25.6 Å². The van der Waals surface area contributed by atoms with Crippen LogP contribution in [0.2, 0.25) is 0 Å². The predicted molar refractivity (Wildman–Crippen MR) is 92.3 cm³/mol. The molecule has 23 heavy (non-hydrogen) atoms. The van der Waals surface area contributed by atoms with Crippen molar-refractivity contribution in [3.05, 3.63) is 41.4 Å². The van der Waals surface area contributed by atoms with Crippen LogP contribution in [0.25, 0.3) is 0 Å². The molecular formula is C15H21N2O4PS. The normalized spacial score (nSPS) is 12.8. The molecule has 1 aromatic heterocycles. The lowest BCUT2D eigenvalue weighted by atomic mass is 10.2. The van der Waals surface area contributed by atoms with E-state index in [-0.39, 0.29) is 0 Å². The molecule has 0 saturated carbocycles. The third kappa shape index (κ3) is 4.54. The summed E-state index contributed by atoms with van der Waals surface area (Å²) in [6.07, 6.45) is 1.68. The zero-order valence-electron chi connectivity index (χ0n) is 13.4. The number of hydrogen-bond donors (Lipinski definition) is 1. The SMILES string of the molecule is CCOP(=O)(OCC)C(Nc1nccs1)c1ccc(OC)cc1. The molecule has 6 nitrogen and oxygen atoms in total. The molecule has 0 spiro atoms. The Morgan fingerprint density at radius 1 is 1.22 bits per heavy atom. The van der Waals surface area contributed by atoms with Gasteiger partial charge in [-0.2, -0.15) is 0 Å². The molecule has 0 aliphatic rings. The zero-order chi connectivity index (χ0) is 16.7. The van der Waals surface area contributed by atoms with E-state index in [1.54, 1.807) is 27.2 Å². The lowest BCUT2D eigenvalue weighted by molar-refractivity contribution is 0.214. The first-order valence-corrected chi connectivity index (χ1v) is 9.81. The van der Waals surface area contributed by atoms with Gasteiger partial charge in [-0.25, -0.2) is 4.98 Å². The van der Waals surface area contributed by atoms with Crippen LogP contribution in [0.3, 0.4) is 0 Å². The average Bonchev–Trinajstić information content (AvgIpc) is 3.06. The quantitative estimate of drug-likeness (QED) is 0.666. The predicted octanol–water partition coefficient (Wildman–Crippen LogP) is 4.53. The van der Waals surface area contributed by atoms with Crippen LogP contribution >= 0.6 is 18.9 Å². The van der Waals surface area contributed by atoms with Crippen molar-refractivity contribution < 1.29 is 18.3 Å². The molecule has 1 N–H and O–H groups in total. The Labute approximate surface area is 140 Å². The highest BCUT2D eigenvalue weighted by atomic mass is 32.1. The molecule has 2 rings (SSSR count). The van der Waals surface area contributed by atoms with Crippen molar-refractivity contribution in [2.45, 2.75) is 19.6 Å². The minimum absolute atomic E-state index is 0.295. The number of nitrogens with one attached hydrogen (secondary N) is 1. The summed E-state index contributed by atoms with van der Waals surface area (Å²) in [5.41, 5.74) is 0.784. The van der Waals surface area contributed by atoms with E-state index < -0.39 is 13.4 Å². The molecule has 0 bridgehead atoms. The van der Waals surface area contributed by atoms with Gasteiger partial charge in [0.1, 0.15) is 5.75 Å². The van der Waals surface area contributed by atoms with Gasteiger partial charge >= 0.3 is 7.60 Å². The Balaban J connectivity index is 2.38. The first kappa shape index (κ1) is 17.9. The first-order valence-electron chi connectivity index (χ1n) is 7.31. The van der Waals surface area contributed by atoms with Gasteiger partial charge in [0.15, 0.2) is 10.9 Å². The average molecular weight is 356 g/mol. The highest BCUT2D eigenvalue weighted by molar-refractivity contribution is 7.54. The van der Waals surface area contributed by atoms with Crippen LogP contribution in [0.5, 0.6) is 5.75 Å². The number of rotatable bonds is 9. The summed E-state index contributed by atoms with van der Waals surface area (Å²) in [4.78, 5) is 4.20. The number of thiazole rings is 1. The van der Waals surface area contributed by atoms with Crippen LogP contribution in [0, 0.1) is 0 Å². The highest BCUT2D eigenvalue weighted by Crippen LogP contribution is 2.60. The van der Waals surface area contributed by atoms with Gasteiger partial charge in [-0.3, -0.25) is 4.57 Å². The van der Waals surface area contributed by atoms with Crippen LogP contribution in [0.4, 0.5) is 5.13 Å². The molecule has 1 aromatic carbocycles. The molecule has 0 aliphatic carbocycles. The number of ether oxygens (including phenoxy) is 1. The molecule has 8 heteroatoms. The molecule has 0 saturated heterocycles. The number of anilines is 1. The number of methoxy groups -OCH3 is 1. The highest BCUT2D eigenvalue weighted by Gasteiger charge is 2.37. The Bertz CT molecular complexity index is 623. The summed E-state index contributed by atoms with van der Waals surface area (Å²) >= 11 is 1.43.